The van der Waals surface area contributed by atoms with E-state index in [4.69, 9.17) is 4.74 Å². The summed E-state index contributed by atoms with van der Waals surface area (Å²) in [5, 5.41) is 7.55. The zero-order chi connectivity index (χ0) is 11.1. The summed E-state index contributed by atoms with van der Waals surface area (Å²) in [7, 11) is 0. The Labute approximate surface area is 91.6 Å². The SMILES string of the molecule is CC(C)OCCN[C@@H](C)Cn1cccn1. The van der Waals surface area contributed by atoms with Crippen molar-refractivity contribution in [2.75, 3.05) is 13.2 Å². The van der Waals surface area contributed by atoms with Crippen LogP contribution in [0.3, 0.4) is 0 Å². The predicted molar refractivity (Wildman–Crippen MR) is 60.8 cm³/mol. The zero-order valence-corrected chi connectivity index (χ0v) is 9.81. The molecule has 1 N–H and O–H groups in total. The number of rotatable bonds is 7. The fourth-order valence-electron chi connectivity index (χ4n) is 1.35. The lowest BCUT2D eigenvalue weighted by Gasteiger charge is -2.14. The Kier molecular flexibility index (Phi) is 5.36. The number of hydrogen-bond acceptors (Lipinski definition) is 3. The largest absolute Gasteiger partial charge is 0.377 e. The van der Waals surface area contributed by atoms with Crippen molar-refractivity contribution in [3.8, 4) is 0 Å². The van der Waals surface area contributed by atoms with Crippen molar-refractivity contribution < 1.29 is 4.74 Å². The highest BCUT2D eigenvalue weighted by molar-refractivity contribution is 4.78. The summed E-state index contributed by atoms with van der Waals surface area (Å²) < 4.78 is 7.37. The highest BCUT2D eigenvalue weighted by atomic mass is 16.5. The standard InChI is InChI=1S/C11H21N3O/c1-10(2)15-8-6-12-11(3)9-14-7-4-5-13-14/h4-5,7,10-12H,6,8-9H2,1-3H3/t11-/m0/s1. The van der Waals surface area contributed by atoms with Gasteiger partial charge in [-0.25, -0.2) is 0 Å². The van der Waals surface area contributed by atoms with Gasteiger partial charge in [0.15, 0.2) is 0 Å². The van der Waals surface area contributed by atoms with Gasteiger partial charge < -0.3 is 10.1 Å². The van der Waals surface area contributed by atoms with Gasteiger partial charge >= 0.3 is 0 Å². The van der Waals surface area contributed by atoms with Crippen LogP contribution in [0, 0.1) is 0 Å². The second kappa shape index (κ2) is 6.58. The van der Waals surface area contributed by atoms with Gasteiger partial charge in [-0.3, -0.25) is 4.68 Å². The molecule has 1 aromatic heterocycles. The molecule has 1 atom stereocenters. The van der Waals surface area contributed by atoms with Crippen LogP contribution in [0.25, 0.3) is 0 Å². The molecule has 0 saturated heterocycles. The smallest absolute Gasteiger partial charge is 0.0594 e. The van der Waals surface area contributed by atoms with Gasteiger partial charge in [-0.05, 0) is 26.8 Å². The molecule has 0 bridgehead atoms. The van der Waals surface area contributed by atoms with Crippen molar-refractivity contribution in [1.82, 2.24) is 15.1 Å². The van der Waals surface area contributed by atoms with Crippen molar-refractivity contribution in [2.24, 2.45) is 0 Å². The van der Waals surface area contributed by atoms with Gasteiger partial charge in [0.1, 0.15) is 0 Å². The van der Waals surface area contributed by atoms with Crippen LogP contribution in [0.5, 0.6) is 0 Å². The molecule has 0 spiro atoms. The van der Waals surface area contributed by atoms with Gasteiger partial charge in [-0.2, -0.15) is 5.10 Å². The minimum atomic E-state index is 0.313. The summed E-state index contributed by atoms with van der Waals surface area (Å²) >= 11 is 0. The molecule has 0 radical (unpaired) electrons. The van der Waals surface area contributed by atoms with Crippen molar-refractivity contribution in [2.45, 2.75) is 39.5 Å². The van der Waals surface area contributed by atoms with Crippen LogP contribution in [0.4, 0.5) is 0 Å². The number of ether oxygens (including phenoxy) is 1. The maximum atomic E-state index is 5.44. The Morgan fingerprint density at radius 1 is 1.40 bits per heavy atom. The van der Waals surface area contributed by atoms with Gasteiger partial charge in [0.2, 0.25) is 0 Å². The van der Waals surface area contributed by atoms with E-state index in [1.165, 1.54) is 0 Å². The van der Waals surface area contributed by atoms with E-state index in [2.05, 4.69) is 17.3 Å². The molecule has 86 valence electrons. The minimum Gasteiger partial charge on any atom is -0.377 e. The fraction of sp³-hybridized carbons (Fsp3) is 0.727. The van der Waals surface area contributed by atoms with Crippen molar-refractivity contribution in [1.29, 1.82) is 0 Å². The first-order valence-corrected chi connectivity index (χ1v) is 5.51. The van der Waals surface area contributed by atoms with Gasteiger partial charge in [0, 0.05) is 25.0 Å². The molecule has 0 fully saturated rings. The molecule has 0 aliphatic rings. The molecule has 0 aliphatic heterocycles. The maximum Gasteiger partial charge on any atom is 0.0594 e. The van der Waals surface area contributed by atoms with Crippen LogP contribution in [-0.2, 0) is 11.3 Å². The van der Waals surface area contributed by atoms with Crippen LogP contribution in [0.1, 0.15) is 20.8 Å². The normalized spacial score (nSPS) is 13.3. The quantitative estimate of drug-likeness (QED) is 0.691. The summed E-state index contributed by atoms with van der Waals surface area (Å²) in [6, 6.07) is 2.36. The van der Waals surface area contributed by atoms with Crippen LogP contribution in [-0.4, -0.2) is 35.1 Å². The van der Waals surface area contributed by atoms with E-state index < -0.39 is 0 Å². The third-order valence-corrected chi connectivity index (χ3v) is 2.07. The molecule has 4 nitrogen and oxygen atoms in total. The maximum absolute atomic E-state index is 5.44. The molecular weight excluding hydrogens is 190 g/mol. The van der Waals surface area contributed by atoms with E-state index in [0.717, 1.165) is 19.7 Å². The van der Waals surface area contributed by atoms with Gasteiger partial charge in [-0.1, -0.05) is 0 Å². The molecule has 0 unspecified atom stereocenters. The van der Waals surface area contributed by atoms with Crippen molar-refractivity contribution >= 4 is 0 Å². The second-order valence-corrected chi connectivity index (χ2v) is 4.00. The van der Waals surface area contributed by atoms with Gasteiger partial charge in [0.05, 0.1) is 19.3 Å². The Hall–Kier alpha value is -0.870. The molecule has 1 rings (SSSR count). The van der Waals surface area contributed by atoms with Crippen LogP contribution in [0.2, 0.25) is 0 Å². The highest BCUT2D eigenvalue weighted by Crippen LogP contribution is 1.91. The molecule has 1 aromatic rings. The predicted octanol–water partition coefficient (Wildman–Crippen LogP) is 1.29. The van der Waals surface area contributed by atoms with E-state index in [-0.39, 0.29) is 0 Å². The average Bonchev–Trinajstić information content (AvgIpc) is 2.64. The summed E-state index contributed by atoms with van der Waals surface area (Å²) in [6.07, 6.45) is 4.09. The Bertz CT molecular complexity index is 246. The van der Waals surface area contributed by atoms with Crippen molar-refractivity contribution in [3.63, 3.8) is 0 Å². The third-order valence-electron chi connectivity index (χ3n) is 2.07. The van der Waals surface area contributed by atoms with E-state index in [1.807, 2.05) is 30.8 Å². The average molecular weight is 211 g/mol. The number of hydrogen-bond donors (Lipinski definition) is 1. The number of aromatic nitrogens is 2. The molecule has 0 aromatic carbocycles. The van der Waals surface area contributed by atoms with E-state index in [0.29, 0.717) is 12.1 Å². The Morgan fingerprint density at radius 2 is 2.20 bits per heavy atom. The summed E-state index contributed by atoms with van der Waals surface area (Å²) in [5.41, 5.74) is 0. The first-order chi connectivity index (χ1) is 7.18. The Balaban J connectivity index is 2.06. The first kappa shape index (κ1) is 12.2. The molecule has 1 heterocycles. The van der Waals surface area contributed by atoms with Crippen molar-refractivity contribution in [3.05, 3.63) is 18.5 Å². The Morgan fingerprint density at radius 3 is 2.80 bits per heavy atom. The summed E-state index contributed by atoms with van der Waals surface area (Å²) in [6.45, 7) is 8.80. The first-order valence-electron chi connectivity index (χ1n) is 5.51. The minimum absolute atomic E-state index is 0.313. The zero-order valence-electron chi connectivity index (χ0n) is 9.81. The lowest BCUT2D eigenvalue weighted by molar-refractivity contribution is 0.0792. The summed E-state index contributed by atoms with van der Waals surface area (Å²) in [5.74, 6) is 0. The van der Waals surface area contributed by atoms with E-state index in [1.54, 1.807) is 6.20 Å². The lowest BCUT2D eigenvalue weighted by Crippen LogP contribution is -2.33. The van der Waals surface area contributed by atoms with E-state index in [9.17, 15) is 0 Å². The molecule has 0 aliphatic carbocycles. The second-order valence-electron chi connectivity index (χ2n) is 4.00. The molecule has 4 heteroatoms. The monoisotopic (exact) mass is 211 g/mol. The number of nitrogens with zero attached hydrogens (tertiary/aromatic N) is 2. The third kappa shape index (κ3) is 5.54. The van der Waals surface area contributed by atoms with Crippen LogP contribution in [0.15, 0.2) is 18.5 Å². The molecule has 0 amide bonds. The summed E-state index contributed by atoms with van der Waals surface area (Å²) in [4.78, 5) is 0. The highest BCUT2D eigenvalue weighted by Gasteiger charge is 2.02. The topological polar surface area (TPSA) is 39.1 Å². The van der Waals surface area contributed by atoms with Gasteiger partial charge in [-0.15, -0.1) is 0 Å². The lowest BCUT2D eigenvalue weighted by atomic mass is 10.3. The molecular formula is C11H21N3O. The van der Waals surface area contributed by atoms with E-state index >= 15 is 0 Å². The van der Waals surface area contributed by atoms with Gasteiger partial charge in [0.25, 0.3) is 0 Å². The fourth-order valence-corrected chi connectivity index (χ4v) is 1.35. The van der Waals surface area contributed by atoms with Crippen LogP contribution < -0.4 is 5.32 Å². The van der Waals surface area contributed by atoms with Crippen LogP contribution >= 0.6 is 0 Å². The molecule has 15 heavy (non-hydrogen) atoms. The number of nitrogens with one attached hydrogen (secondary N) is 1. The molecule has 0 saturated carbocycles.